The summed E-state index contributed by atoms with van der Waals surface area (Å²) < 4.78 is 0. The van der Waals surface area contributed by atoms with E-state index in [0.29, 0.717) is 17.7 Å². The van der Waals surface area contributed by atoms with Gasteiger partial charge in [-0.2, -0.15) is 4.91 Å². The number of hydrogen-bond donors (Lipinski definition) is 0. The average Bonchev–Trinajstić information content (AvgIpc) is 2.55. The summed E-state index contributed by atoms with van der Waals surface area (Å²) in [5.41, 5.74) is 9.84. The molecule has 0 unspecified atom stereocenters. The zero-order valence-electron chi connectivity index (χ0n) is 8.54. The number of nitrogens with zero attached hydrogens (tertiary/aromatic N) is 4. The molecule has 0 saturated carbocycles. The highest BCUT2D eigenvalue weighted by atomic mass is 16.2. The molecule has 0 fully saturated rings. The first-order chi connectivity index (χ1) is 7.70. The van der Waals surface area contributed by atoms with Crippen molar-refractivity contribution in [1.82, 2.24) is 0 Å². The Balaban J connectivity index is 2.68. The quantitative estimate of drug-likeness (QED) is 0.327. The van der Waals surface area contributed by atoms with Crippen molar-refractivity contribution >= 4 is 17.4 Å². The topological polar surface area (TPSA) is 86.1 Å². The molecule has 6 heteroatoms. The number of amides is 1. The molecule has 0 saturated heterocycles. The van der Waals surface area contributed by atoms with Crippen LogP contribution in [0.2, 0.25) is 0 Å². The number of ketones is 1. The summed E-state index contributed by atoms with van der Waals surface area (Å²) in [6.07, 6.45) is 0.645. The van der Waals surface area contributed by atoms with Crippen molar-refractivity contribution in [2.24, 2.45) is 5.22 Å². The number of rotatable bonds is 2. The monoisotopic (exact) mass is 216 g/mol. The van der Waals surface area contributed by atoms with Gasteiger partial charge in [-0.15, -0.1) is 10.5 Å². The van der Waals surface area contributed by atoms with Crippen LogP contribution in [0.15, 0.2) is 23.4 Å². The molecule has 1 heterocycles. The molecule has 16 heavy (non-hydrogen) atoms. The van der Waals surface area contributed by atoms with Gasteiger partial charge in [0.05, 0.1) is 5.56 Å². The van der Waals surface area contributed by atoms with E-state index in [1.54, 1.807) is 18.2 Å². The molecule has 1 aliphatic heterocycles. The summed E-state index contributed by atoms with van der Waals surface area (Å²) in [5, 5.41) is 4.02. The molecule has 0 atom stereocenters. The van der Waals surface area contributed by atoms with Gasteiger partial charge in [0.25, 0.3) is 5.78 Å². The van der Waals surface area contributed by atoms with Crippen molar-refractivity contribution in [3.63, 3.8) is 0 Å². The highest BCUT2D eigenvalue weighted by Crippen LogP contribution is 2.31. The third kappa shape index (κ3) is 1.24. The summed E-state index contributed by atoms with van der Waals surface area (Å²) >= 11 is 0. The maximum Gasteiger partial charge on any atom is 0.390 e. The lowest BCUT2D eigenvalue weighted by atomic mass is 10.0. The highest BCUT2D eigenvalue weighted by molar-refractivity contribution is 6.52. The Bertz CT molecular complexity index is 532. The zero-order valence-corrected chi connectivity index (χ0v) is 8.54. The van der Waals surface area contributed by atoms with Gasteiger partial charge in [-0.05, 0) is 23.3 Å². The van der Waals surface area contributed by atoms with Crippen LogP contribution in [0.3, 0.4) is 0 Å². The van der Waals surface area contributed by atoms with Crippen molar-refractivity contribution in [3.8, 4) is 0 Å². The van der Waals surface area contributed by atoms with Crippen LogP contribution in [0, 0.1) is 0 Å². The second kappa shape index (κ2) is 3.67. The zero-order chi connectivity index (χ0) is 11.7. The van der Waals surface area contributed by atoms with Crippen LogP contribution in [-0.4, -0.2) is 11.7 Å². The van der Waals surface area contributed by atoms with E-state index in [1.807, 2.05) is 6.92 Å². The molecule has 0 spiro atoms. The average molecular weight is 216 g/mol. The Morgan fingerprint density at radius 2 is 2.19 bits per heavy atom. The molecule has 1 aromatic rings. The van der Waals surface area contributed by atoms with E-state index in [1.165, 1.54) is 0 Å². The smallest absolute Gasteiger partial charge is 0.280 e. The molecular formula is C10H8N4O2. The van der Waals surface area contributed by atoms with Gasteiger partial charge in [0, 0.05) is 0 Å². The van der Waals surface area contributed by atoms with Crippen LogP contribution < -0.4 is 5.01 Å². The second-order valence-corrected chi connectivity index (χ2v) is 3.29. The van der Waals surface area contributed by atoms with E-state index in [4.69, 9.17) is 5.53 Å². The Kier molecular flexibility index (Phi) is 2.34. The standard InChI is InChI=1S/C10H8N4O2/c1-2-6-4-3-5-7-8(6)9(15)10(16)14(7)13-12-11/h3-5H,2H2,1H3. The van der Waals surface area contributed by atoms with Crippen molar-refractivity contribution in [1.29, 1.82) is 0 Å². The van der Waals surface area contributed by atoms with Crippen molar-refractivity contribution in [2.75, 3.05) is 5.01 Å². The molecule has 0 bridgehead atoms. The van der Waals surface area contributed by atoms with Gasteiger partial charge < -0.3 is 0 Å². The number of anilines is 1. The molecule has 80 valence electrons. The Morgan fingerprint density at radius 1 is 1.44 bits per heavy atom. The predicted octanol–water partition coefficient (Wildman–Crippen LogP) is 2.00. The van der Waals surface area contributed by atoms with E-state index in [2.05, 4.69) is 10.1 Å². The molecule has 1 aromatic carbocycles. The van der Waals surface area contributed by atoms with E-state index in [-0.39, 0.29) is 0 Å². The normalized spacial score (nSPS) is 13.7. The summed E-state index contributed by atoms with van der Waals surface area (Å²) in [6, 6.07) is 5.10. The van der Waals surface area contributed by atoms with Crippen LogP contribution in [0.25, 0.3) is 10.4 Å². The SMILES string of the molecule is CCc1cccc2c1C(=O)C(=O)N2N=[N+]=[N-]. The third-order valence-electron chi connectivity index (χ3n) is 2.48. The molecule has 6 nitrogen and oxygen atoms in total. The van der Waals surface area contributed by atoms with Gasteiger partial charge in [0.1, 0.15) is 0 Å². The minimum atomic E-state index is -0.797. The van der Waals surface area contributed by atoms with Gasteiger partial charge in [-0.3, -0.25) is 4.79 Å². The predicted molar refractivity (Wildman–Crippen MR) is 56.8 cm³/mol. The fraction of sp³-hybridized carbons (Fsp3) is 0.200. The summed E-state index contributed by atoms with van der Waals surface area (Å²) in [4.78, 5) is 25.8. The first-order valence-electron chi connectivity index (χ1n) is 4.76. The Labute approximate surface area is 91.1 Å². The highest BCUT2D eigenvalue weighted by Gasteiger charge is 2.41. The lowest BCUT2D eigenvalue weighted by Gasteiger charge is -2.03. The minimum absolute atomic E-state index is 0.349. The number of carbonyl (C=O) groups is 2. The first kappa shape index (κ1) is 10.2. The fourth-order valence-electron chi connectivity index (χ4n) is 1.76. The number of hydrogen-bond acceptors (Lipinski definition) is 3. The molecule has 1 aliphatic rings. The molecule has 1 amide bonds. The van der Waals surface area contributed by atoms with Crippen molar-refractivity contribution < 1.29 is 9.59 Å². The fourth-order valence-corrected chi connectivity index (χ4v) is 1.76. The Morgan fingerprint density at radius 3 is 2.81 bits per heavy atom. The maximum atomic E-state index is 11.7. The first-order valence-corrected chi connectivity index (χ1v) is 4.76. The summed E-state index contributed by atoms with van der Waals surface area (Å²) in [6.45, 7) is 1.89. The van der Waals surface area contributed by atoms with Crippen LogP contribution >= 0.6 is 0 Å². The number of fused-ring (bicyclic) bond motifs is 1. The molecular weight excluding hydrogens is 208 g/mol. The van der Waals surface area contributed by atoms with E-state index in [9.17, 15) is 9.59 Å². The number of aryl methyl sites for hydroxylation is 1. The third-order valence-corrected chi connectivity index (χ3v) is 2.48. The van der Waals surface area contributed by atoms with Crippen LogP contribution in [0.4, 0.5) is 5.69 Å². The minimum Gasteiger partial charge on any atom is -0.280 e. The molecule has 0 radical (unpaired) electrons. The molecule has 2 rings (SSSR count). The second-order valence-electron chi connectivity index (χ2n) is 3.29. The van der Waals surface area contributed by atoms with Crippen molar-refractivity contribution in [2.45, 2.75) is 13.3 Å². The summed E-state index contributed by atoms with van der Waals surface area (Å²) in [7, 11) is 0. The van der Waals surface area contributed by atoms with Gasteiger partial charge in [0.15, 0.2) is 5.69 Å². The van der Waals surface area contributed by atoms with Crippen LogP contribution in [0.1, 0.15) is 22.8 Å². The Hall–Kier alpha value is -2.33. The van der Waals surface area contributed by atoms with Gasteiger partial charge in [-0.1, -0.05) is 19.1 Å². The van der Waals surface area contributed by atoms with Crippen LogP contribution in [0.5, 0.6) is 0 Å². The molecule has 0 aromatic heterocycles. The van der Waals surface area contributed by atoms with Crippen molar-refractivity contribution in [3.05, 3.63) is 39.8 Å². The maximum absolute atomic E-state index is 11.7. The lowest BCUT2D eigenvalue weighted by molar-refractivity contribution is -0.114. The number of azide groups is 1. The molecule has 0 N–H and O–H groups in total. The summed E-state index contributed by atoms with van der Waals surface area (Å²) in [5.74, 6) is -1.41. The van der Waals surface area contributed by atoms with E-state index >= 15 is 0 Å². The van der Waals surface area contributed by atoms with Crippen LogP contribution in [-0.2, 0) is 11.2 Å². The van der Waals surface area contributed by atoms with Gasteiger partial charge in [0.2, 0.25) is 0 Å². The van der Waals surface area contributed by atoms with Gasteiger partial charge in [-0.25, -0.2) is 4.79 Å². The lowest BCUT2D eigenvalue weighted by Crippen LogP contribution is -2.23. The van der Waals surface area contributed by atoms with Gasteiger partial charge >= 0.3 is 5.91 Å². The number of benzene rings is 1. The number of carbonyl (C=O) groups excluding carboxylic acids is 2. The van der Waals surface area contributed by atoms with E-state index in [0.717, 1.165) is 10.6 Å². The largest absolute Gasteiger partial charge is 0.390 e. The number of Topliss-reactive ketones (excluding diaryl/α,β-unsaturated/α-hetero) is 1. The van der Waals surface area contributed by atoms with E-state index < -0.39 is 11.7 Å². The molecule has 0 aliphatic carbocycles.